The first-order valence-electron chi connectivity index (χ1n) is 11.7. The maximum absolute atomic E-state index is 6.18. The second-order valence-corrected chi connectivity index (χ2v) is 12.1. The average molecular weight is 387 g/mol. The van der Waals surface area contributed by atoms with Gasteiger partial charge in [0, 0.05) is 12.2 Å². The summed E-state index contributed by atoms with van der Waals surface area (Å²) in [6, 6.07) is 1.14. The fourth-order valence-corrected chi connectivity index (χ4v) is 6.96. The van der Waals surface area contributed by atoms with Gasteiger partial charge in [0.2, 0.25) is 0 Å². The molecule has 0 aromatic heterocycles. The largest absolute Gasteiger partial charge is 0.392 e. The van der Waals surface area contributed by atoms with E-state index in [9.17, 15) is 0 Å². The molecule has 0 fully saturated rings. The van der Waals surface area contributed by atoms with Crippen molar-refractivity contribution in [3.05, 3.63) is 0 Å². The van der Waals surface area contributed by atoms with E-state index in [1.165, 1.54) is 89.9 Å². The van der Waals surface area contributed by atoms with Crippen molar-refractivity contribution in [2.75, 3.05) is 0 Å². The van der Waals surface area contributed by atoms with Gasteiger partial charge in [0.15, 0.2) is 0 Å². The lowest BCUT2D eigenvalue weighted by molar-refractivity contribution is 0.109. The molecule has 0 saturated carbocycles. The number of unbranched alkanes of at least 4 members (excludes halogenated alkanes) is 13. The van der Waals surface area contributed by atoms with Crippen LogP contribution in [0.4, 0.5) is 0 Å². The van der Waals surface area contributed by atoms with Gasteiger partial charge in [-0.3, -0.25) is 0 Å². The van der Waals surface area contributed by atoms with Crippen LogP contribution < -0.4 is 0 Å². The molecule has 0 amide bonds. The Morgan fingerprint density at radius 3 is 1.15 bits per heavy atom. The van der Waals surface area contributed by atoms with Crippen molar-refractivity contribution < 1.29 is 8.85 Å². The molecule has 3 heteroatoms. The van der Waals surface area contributed by atoms with Gasteiger partial charge in [-0.25, -0.2) is 0 Å². The molecule has 0 aromatic carbocycles. The molecular weight excluding hydrogens is 336 g/mol. The van der Waals surface area contributed by atoms with Crippen molar-refractivity contribution in [2.45, 2.75) is 149 Å². The fraction of sp³-hybridized carbons (Fsp3) is 1.00. The number of rotatable bonds is 19. The Bertz CT molecular complexity index is 282. The van der Waals surface area contributed by atoms with Gasteiger partial charge in [-0.15, -0.1) is 0 Å². The molecular formula is C23H50O2Si. The third kappa shape index (κ3) is 17.5. The Morgan fingerprint density at radius 2 is 0.846 bits per heavy atom. The van der Waals surface area contributed by atoms with Crippen LogP contribution in [0.15, 0.2) is 0 Å². The third-order valence-corrected chi connectivity index (χ3v) is 8.16. The fourth-order valence-electron chi connectivity index (χ4n) is 3.78. The summed E-state index contributed by atoms with van der Waals surface area (Å²) >= 11 is 0. The highest BCUT2D eigenvalue weighted by Crippen LogP contribution is 2.22. The minimum Gasteiger partial charge on any atom is -0.392 e. The molecule has 0 aliphatic rings. The van der Waals surface area contributed by atoms with Gasteiger partial charge in [-0.2, -0.15) is 0 Å². The maximum atomic E-state index is 6.18. The van der Waals surface area contributed by atoms with Crippen LogP contribution in [0.3, 0.4) is 0 Å². The Morgan fingerprint density at radius 1 is 0.538 bits per heavy atom. The van der Waals surface area contributed by atoms with Crippen molar-refractivity contribution in [1.29, 1.82) is 0 Å². The van der Waals surface area contributed by atoms with Crippen molar-refractivity contribution in [3.8, 4) is 0 Å². The average Bonchev–Trinajstić information content (AvgIpc) is 2.53. The van der Waals surface area contributed by atoms with Crippen molar-refractivity contribution in [1.82, 2.24) is 0 Å². The zero-order valence-electron chi connectivity index (χ0n) is 19.1. The molecule has 0 radical (unpaired) electrons. The van der Waals surface area contributed by atoms with E-state index in [2.05, 4.69) is 41.2 Å². The molecule has 2 nitrogen and oxygen atoms in total. The molecule has 0 aromatic rings. The lowest BCUT2D eigenvalue weighted by atomic mass is 10.0. The van der Waals surface area contributed by atoms with Crippen LogP contribution in [0.5, 0.6) is 0 Å². The van der Waals surface area contributed by atoms with Crippen LogP contribution in [-0.4, -0.2) is 20.8 Å². The molecule has 0 atom stereocenters. The summed E-state index contributed by atoms with van der Waals surface area (Å²) in [6.45, 7) is 13.0. The molecule has 158 valence electrons. The summed E-state index contributed by atoms with van der Waals surface area (Å²) in [7, 11) is -1.98. The zero-order valence-corrected chi connectivity index (χ0v) is 20.1. The van der Waals surface area contributed by atoms with Crippen molar-refractivity contribution in [2.24, 2.45) is 0 Å². The van der Waals surface area contributed by atoms with E-state index in [1.807, 2.05) is 0 Å². The summed E-state index contributed by atoms with van der Waals surface area (Å²) in [6.07, 6.45) is 20.3. The second kappa shape index (κ2) is 17.2. The number of hydrogen-bond acceptors (Lipinski definition) is 2. The summed E-state index contributed by atoms with van der Waals surface area (Å²) < 4.78 is 12.4. The smallest absolute Gasteiger partial charge is 0.335 e. The van der Waals surface area contributed by atoms with E-state index >= 15 is 0 Å². The Balaban J connectivity index is 3.50. The molecule has 26 heavy (non-hydrogen) atoms. The van der Waals surface area contributed by atoms with E-state index in [1.54, 1.807) is 0 Å². The lowest BCUT2D eigenvalue weighted by Crippen LogP contribution is -2.42. The van der Waals surface area contributed by atoms with E-state index in [0.717, 1.165) is 6.04 Å². The topological polar surface area (TPSA) is 18.5 Å². The maximum Gasteiger partial charge on any atom is 0.335 e. The Labute approximate surface area is 167 Å². The quantitative estimate of drug-likeness (QED) is 0.164. The molecule has 0 aliphatic heterocycles. The van der Waals surface area contributed by atoms with Crippen LogP contribution >= 0.6 is 0 Å². The normalized spacial score (nSPS) is 12.5. The first kappa shape index (κ1) is 26.1. The molecule has 0 rings (SSSR count). The predicted molar refractivity (Wildman–Crippen MR) is 119 cm³/mol. The standard InChI is InChI=1S/C23H50O2Si/c1-7-8-9-10-11-12-13-14-15-16-17-18-19-20-21-26(6,24-22(2)3)25-23(4)5/h22-23H,7-21H2,1-6H3. The van der Waals surface area contributed by atoms with E-state index in [-0.39, 0.29) is 12.2 Å². The highest BCUT2D eigenvalue weighted by Gasteiger charge is 2.33. The molecule has 0 N–H and O–H groups in total. The Kier molecular flexibility index (Phi) is 17.3. The minimum absolute atomic E-state index is 0.275. The van der Waals surface area contributed by atoms with Crippen LogP contribution in [0.1, 0.15) is 125 Å². The van der Waals surface area contributed by atoms with E-state index in [4.69, 9.17) is 8.85 Å². The van der Waals surface area contributed by atoms with Crippen molar-refractivity contribution >= 4 is 8.56 Å². The van der Waals surface area contributed by atoms with E-state index < -0.39 is 8.56 Å². The second-order valence-electron chi connectivity index (χ2n) is 8.81. The van der Waals surface area contributed by atoms with Gasteiger partial charge in [0.05, 0.1) is 0 Å². The summed E-state index contributed by atoms with van der Waals surface area (Å²) in [4.78, 5) is 0. The SMILES string of the molecule is CCCCCCCCCCCCCCCC[Si](C)(OC(C)C)OC(C)C. The summed E-state index contributed by atoms with van der Waals surface area (Å²) in [5.74, 6) is 0. The van der Waals surface area contributed by atoms with Gasteiger partial charge < -0.3 is 8.85 Å². The van der Waals surface area contributed by atoms with Gasteiger partial charge in [0.1, 0.15) is 0 Å². The molecule has 0 bridgehead atoms. The highest BCUT2D eigenvalue weighted by atomic mass is 28.4. The highest BCUT2D eigenvalue weighted by molar-refractivity contribution is 6.66. The van der Waals surface area contributed by atoms with E-state index in [0.29, 0.717) is 0 Å². The third-order valence-electron chi connectivity index (χ3n) is 4.95. The molecule has 0 aliphatic carbocycles. The van der Waals surface area contributed by atoms with Crippen LogP contribution in [0.25, 0.3) is 0 Å². The first-order valence-corrected chi connectivity index (χ1v) is 14.3. The van der Waals surface area contributed by atoms with Crippen molar-refractivity contribution in [3.63, 3.8) is 0 Å². The van der Waals surface area contributed by atoms with Crippen LogP contribution in [0.2, 0.25) is 12.6 Å². The molecule has 0 spiro atoms. The minimum atomic E-state index is -1.98. The molecule has 0 unspecified atom stereocenters. The van der Waals surface area contributed by atoms with Gasteiger partial charge in [-0.05, 0) is 40.3 Å². The summed E-state index contributed by atoms with van der Waals surface area (Å²) in [5, 5.41) is 0. The monoisotopic (exact) mass is 386 g/mol. The van der Waals surface area contributed by atoms with Crippen LogP contribution in [0, 0.1) is 0 Å². The number of hydrogen-bond donors (Lipinski definition) is 0. The first-order chi connectivity index (χ1) is 12.4. The molecule has 0 saturated heterocycles. The van der Waals surface area contributed by atoms with Gasteiger partial charge >= 0.3 is 8.56 Å². The lowest BCUT2D eigenvalue weighted by Gasteiger charge is -2.31. The Hall–Kier alpha value is 0.137. The predicted octanol–water partition coefficient (Wildman–Crippen LogP) is 8.39. The van der Waals surface area contributed by atoms with Crippen LogP contribution in [-0.2, 0) is 8.85 Å². The molecule has 0 heterocycles. The zero-order chi connectivity index (χ0) is 19.7. The van der Waals surface area contributed by atoms with Gasteiger partial charge in [-0.1, -0.05) is 96.8 Å². The van der Waals surface area contributed by atoms with Gasteiger partial charge in [0.25, 0.3) is 0 Å². The summed E-state index contributed by atoms with van der Waals surface area (Å²) in [5.41, 5.74) is 0.